The van der Waals surface area contributed by atoms with E-state index >= 15 is 0 Å². The van der Waals surface area contributed by atoms with E-state index in [2.05, 4.69) is 5.32 Å². The number of hydrogen-bond acceptors (Lipinski definition) is 6. The van der Waals surface area contributed by atoms with Gasteiger partial charge in [0.05, 0.1) is 6.54 Å². The van der Waals surface area contributed by atoms with Crippen molar-refractivity contribution in [3.05, 3.63) is 35.4 Å². The maximum absolute atomic E-state index is 12.8. The van der Waals surface area contributed by atoms with Crippen molar-refractivity contribution in [3.8, 4) is 0 Å². The molecule has 1 aromatic rings. The summed E-state index contributed by atoms with van der Waals surface area (Å²) in [4.78, 5) is 37.4. The van der Waals surface area contributed by atoms with Gasteiger partial charge in [-0.1, -0.05) is 19.1 Å². The minimum atomic E-state index is -0.733. The van der Waals surface area contributed by atoms with E-state index in [0.29, 0.717) is 5.56 Å². The number of amides is 3. The predicted octanol–water partition coefficient (Wildman–Crippen LogP) is 0.714. The topological polar surface area (TPSA) is 111 Å². The largest absolute Gasteiger partial charge is 1.00 e. The molecule has 10 heteroatoms. The Balaban J connectivity index is 0. The van der Waals surface area contributed by atoms with Crippen molar-refractivity contribution in [2.24, 2.45) is 0 Å². The molecule has 3 amide bonds. The zero-order valence-corrected chi connectivity index (χ0v) is 24.6. The van der Waals surface area contributed by atoms with Crippen LogP contribution in [0.2, 0.25) is 0 Å². The van der Waals surface area contributed by atoms with Crippen LogP contribution in [0.5, 0.6) is 0 Å². The van der Waals surface area contributed by atoms with E-state index in [0.717, 1.165) is 10.6 Å². The van der Waals surface area contributed by atoms with Crippen LogP contribution in [0.15, 0.2) is 24.3 Å². The van der Waals surface area contributed by atoms with E-state index in [-0.39, 0.29) is 54.7 Å². The molecule has 0 heterocycles. The third kappa shape index (κ3) is 14.5. The van der Waals surface area contributed by atoms with Gasteiger partial charge in [0.15, 0.2) is 0 Å². The van der Waals surface area contributed by atoms with Gasteiger partial charge in [-0.15, -0.1) is 6.61 Å². The van der Waals surface area contributed by atoms with Crippen molar-refractivity contribution in [1.29, 1.82) is 0 Å². The number of nitrogens with one attached hydrogen (secondary N) is 1. The molecular formula is C24H40N3NaO6. The van der Waals surface area contributed by atoms with E-state index in [9.17, 15) is 14.4 Å². The molecule has 34 heavy (non-hydrogen) atoms. The van der Waals surface area contributed by atoms with Crippen LogP contribution in [0, 0.1) is 0 Å². The SMILES string of the molecule is CC(C)NC(=O)c1ccc(CN(C(=O)OC(C)(C)C)N(C)C(=O)OC(C)(C)C)cc1.CC[O-].[Na+]. The third-order valence-electron chi connectivity index (χ3n) is 3.59. The van der Waals surface area contributed by atoms with Crippen molar-refractivity contribution in [2.45, 2.75) is 86.1 Å². The van der Waals surface area contributed by atoms with Gasteiger partial charge >= 0.3 is 41.7 Å². The quantitative estimate of drug-likeness (QED) is 0.493. The van der Waals surface area contributed by atoms with Crippen molar-refractivity contribution >= 4 is 18.1 Å². The smallest absolute Gasteiger partial charge is 0.855 e. The van der Waals surface area contributed by atoms with Crippen LogP contribution < -0.4 is 40.0 Å². The first-order valence-electron chi connectivity index (χ1n) is 11.0. The molecule has 1 rings (SSSR count). The normalized spacial score (nSPS) is 10.8. The van der Waals surface area contributed by atoms with E-state index in [1.165, 1.54) is 12.1 Å². The van der Waals surface area contributed by atoms with Crippen molar-refractivity contribution < 1.29 is 58.5 Å². The summed E-state index contributed by atoms with van der Waals surface area (Å²) in [6, 6.07) is 6.84. The monoisotopic (exact) mass is 489 g/mol. The number of carbonyl (C=O) groups is 3. The first-order valence-corrected chi connectivity index (χ1v) is 11.0. The second kappa shape index (κ2) is 15.2. The molecule has 0 spiro atoms. The van der Waals surface area contributed by atoms with Gasteiger partial charge in [-0.05, 0) is 73.1 Å². The zero-order valence-electron chi connectivity index (χ0n) is 22.6. The number of hydrazine groups is 1. The minimum Gasteiger partial charge on any atom is -0.855 e. The first-order chi connectivity index (χ1) is 15.0. The van der Waals surface area contributed by atoms with Crippen LogP contribution in [0.4, 0.5) is 9.59 Å². The van der Waals surface area contributed by atoms with Gasteiger partial charge in [0.2, 0.25) is 0 Å². The molecule has 0 aliphatic heterocycles. The summed E-state index contributed by atoms with van der Waals surface area (Å²) in [5.41, 5.74) is -0.214. The van der Waals surface area contributed by atoms with Crippen molar-refractivity contribution in [2.75, 3.05) is 13.7 Å². The molecule has 9 nitrogen and oxygen atoms in total. The first kappa shape index (κ1) is 34.4. The Kier molecular flexibility index (Phi) is 15.4. The predicted molar refractivity (Wildman–Crippen MR) is 125 cm³/mol. The van der Waals surface area contributed by atoms with E-state index < -0.39 is 23.4 Å². The van der Waals surface area contributed by atoms with Gasteiger partial charge < -0.3 is 19.9 Å². The maximum Gasteiger partial charge on any atom is 1.00 e. The molecule has 0 radical (unpaired) electrons. The Hall–Kier alpha value is -1.81. The molecular weight excluding hydrogens is 449 g/mol. The Morgan fingerprint density at radius 3 is 1.74 bits per heavy atom. The van der Waals surface area contributed by atoms with E-state index in [1.807, 2.05) is 13.8 Å². The molecule has 188 valence electrons. The summed E-state index contributed by atoms with van der Waals surface area (Å²) in [6.45, 7) is 15.9. The number of rotatable bonds is 4. The van der Waals surface area contributed by atoms with Gasteiger partial charge in [-0.3, -0.25) is 4.79 Å². The second-order valence-corrected chi connectivity index (χ2v) is 9.66. The summed E-state index contributed by atoms with van der Waals surface area (Å²) in [7, 11) is 1.45. The third-order valence-corrected chi connectivity index (χ3v) is 3.59. The molecule has 0 atom stereocenters. The summed E-state index contributed by atoms with van der Waals surface area (Å²) >= 11 is 0. The average Bonchev–Trinajstić information content (AvgIpc) is 2.63. The summed E-state index contributed by atoms with van der Waals surface area (Å²) in [6.07, 6.45) is -1.36. The van der Waals surface area contributed by atoms with Crippen molar-refractivity contribution in [1.82, 2.24) is 15.3 Å². The summed E-state index contributed by atoms with van der Waals surface area (Å²) in [5, 5.41) is 14.0. The molecule has 0 aliphatic rings. The minimum absolute atomic E-state index is 0. The average molecular weight is 490 g/mol. The molecule has 0 bridgehead atoms. The number of benzene rings is 1. The van der Waals surface area contributed by atoms with Gasteiger partial charge in [-0.25, -0.2) is 19.6 Å². The Labute approximate surface area is 226 Å². The van der Waals surface area contributed by atoms with Crippen molar-refractivity contribution in [3.63, 3.8) is 0 Å². The standard InChI is InChI=1S/C22H35N3O5.C2H5O.Na/c1-15(2)23-18(26)17-12-10-16(11-13-17)14-25(20(28)30-22(6,7)8)24(9)19(27)29-21(3,4)5;1-2-3;/h10-13,15H,14H2,1-9H3,(H,23,26);2H2,1H3;/q;-1;+1. The molecule has 0 aromatic heterocycles. The van der Waals surface area contributed by atoms with Crippen LogP contribution >= 0.6 is 0 Å². The van der Waals surface area contributed by atoms with Crippen LogP contribution in [0.25, 0.3) is 0 Å². The molecule has 0 aliphatic carbocycles. The fourth-order valence-electron chi connectivity index (χ4n) is 2.31. The molecule has 0 saturated carbocycles. The number of hydrogen-bond donors (Lipinski definition) is 1. The van der Waals surface area contributed by atoms with E-state index in [1.54, 1.807) is 72.7 Å². The van der Waals surface area contributed by atoms with E-state index in [4.69, 9.17) is 14.6 Å². The Morgan fingerprint density at radius 1 is 0.941 bits per heavy atom. The molecule has 0 fully saturated rings. The van der Waals surface area contributed by atoms with Crippen LogP contribution in [-0.4, -0.2) is 59.0 Å². The maximum atomic E-state index is 12.8. The number of ether oxygens (including phenoxy) is 2. The van der Waals surface area contributed by atoms with Gasteiger partial charge in [0.1, 0.15) is 11.2 Å². The van der Waals surface area contributed by atoms with Crippen LogP contribution in [-0.2, 0) is 16.0 Å². The van der Waals surface area contributed by atoms with Gasteiger partial charge in [0, 0.05) is 18.7 Å². The summed E-state index contributed by atoms with van der Waals surface area (Å²) < 4.78 is 10.8. The second-order valence-electron chi connectivity index (χ2n) is 9.66. The van der Waals surface area contributed by atoms with Gasteiger partial charge in [-0.2, -0.15) is 0 Å². The molecule has 0 unspecified atom stereocenters. The molecule has 0 saturated heterocycles. The number of carbonyl (C=O) groups excluding carboxylic acids is 3. The molecule has 1 aromatic carbocycles. The van der Waals surface area contributed by atoms with Crippen LogP contribution in [0.3, 0.4) is 0 Å². The molecule has 1 N–H and O–H groups in total. The zero-order chi connectivity index (χ0) is 26.0. The number of nitrogens with zero attached hydrogens (tertiary/aromatic N) is 2. The van der Waals surface area contributed by atoms with Crippen LogP contribution in [0.1, 0.15) is 78.2 Å². The Morgan fingerprint density at radius 2 is 1.35 bits per heavy atom. The Bertz CT molecular complexity index is 770. The fourth-order valence-corrected chi connectivity index (χ4v) is 2.31. The summed E-state index contributed by atoms with van der Waals surface area (Å²) in [5.74, 6) is -0.175. The van der Waals surface area contributed by atoms with Gasteiger partial charge in [0.25, 0.3) is 5.91 Å². The fraction of sp³-hybridized carbons (Fsp3) is 0.625.